The minimum atomic E-state index is -0.0188. The van der Waals surface area contributed by atoms with Gasteiger partial charge in [0.15, 0.2) is 5.16 Å². The molecule has 6 heteroatoms. The molecule has 0 unspecified atom stereocenters. The summed E-state index contributed by atoms with van der Waals surface area (Å²) in [6.07, 6.45) is 0.208. The molecule has 2 aromatic heterocycles. The highest BCUT2D eigenvalue weighted by Crippen LogP contribution is 2.23. The maximum atomic E-state index is 12.8. The monoisotopic (exact) mass is 346 g/mol. The number of nitrogens with zero attached hydrogens (tertiary/aromatic N) is 2. The summed E-state index contributed by atoms with van der Waals surface area (Å²) in [7, 11) is 0. The van der Waals surface area contributed by atoms with Crippen LogP contribution in [0.4, 0.5) is 0 Å². The van der Waals surface area contributed by atoms with E-state index in [1.807, 2.05) is 55.6 Å². The fourth-order valence-corrected chi connectivity index (χ4v) is 3.86. The number of fused-ring (bicyclic) bond motifs is 1. The predicted molar refractivity (Wildman–Crippen MR) is 97.0 cm³/mol. The van der Waals surface area contributed by atoms with E-state index in [9.17, 15) is 4.79 Å². The second kappa shape index (κ2) is 7.29. The van der Waals surface area contributed by atoms with Crippen LogP contribution in [0.5, 0.6) is 0 Å². The number of para-hydroxylation sites is 1. The van der Waals surface area contributed by atoms with Crippen LogP contribution in [0.2, 0.25) is 0 Å². The van der Waals surface area contributed by atoms with Gasteiger partial charge in [-0.1, -0.05) is 30.0 Å². The normalized spacial score (nSPS) is 11.4. The zero-order chi connectivity index (χ0) is 16.2. The molecule has 0 fully saturated rings. The molecule has 0 saturated heterocycles. The van der Waals surface area contributed by atoms with Crippen LogP contribution in [-0.2, 0) is 4.74 Å². The van der Waals surface area contributed by atoms with Crippen LogP contribution in [-0.4, -0.2) is 28.0 Å². The molecule has 0 aliphatic carbocycles. The maximum Gasteiger partial charge on any atom is 0.267 e. The first-order chi connectivity index (χ1) is 11.2. The molecule has 0 saturated carbocycles. The molecule has 1 aromatic carbocycles. The molecule has 0 radical (unpaired) electrons. The van der Waals surface area contributed by atoms with Gasteiger partial charge in [0, 0.05) is 5.75 Å². The molecule has 0 amide bonds. The minimum Gasteiger partial charge on any atom is -0.378 e. The molecule has 3 rings (SSSR count). The number of benzene rings is 1. The van der Waals surface area contributed by atoms with Crippen molar-refractivity contribution in [2.45, 2.75) is 25.1 Å². The van der Waals surface area contributed by atoms with E-state index in [-0.39, 0.29) is 11.7 Å². The molecular weight excluding hydrogens is 328 g/mol. The second-order valence-electron chi connectivity index (χ2n) is 5.28. The van der Waals surface area contributed by atoms with Gasteiger partial charge < -0.3 is 4.74 Å². The van der Waals surface area contributed by atoms with Crippen LogP contribution in [0.25, 0.3) is 15.9 Å². The van der Waals surface area contributed by atoms with Crippen molar-refractivity contribution in [1.29, 1.82) is 0 Å². The fraction of sp³-hybridized carbons (Fsp3) is 0.294. The van der Waals surface area contributed by atoms with Crippen molar-refractivity contribution in [2.75, 3.05) is 12.4 Å². The summed E-state index contributed by atoms with van der Waals surface area (Å²) in [4.78, 5) is 18.3. The summed E-state index contributed by atoms with van der Waals surface area (Å²) >= 11 is 3.04. The first kappa shape index (κ1) is 16.2. The highest BCUT2D eigenvalue weighted by Gasteiger charge is 2.13. The molecule has 3 aromatic rings. The average Bonchev–Trinajstić information content (AvgIpc) is 3.01. The lowest BCUT2D eigenvalue weighted by atomic mass is 10.3. The molecule has 120 valence electrons. The van der Waals surface area contributed by atoms with E-state index < -0.39 is 0 Å². The Morgan fingerprint density at radius 2 is 2.04 bits per heavy atom. The van der Waals surface area contributed by atoms with Gasteiger partial charge in [-0.05, 0) is 37.4 Å². The molecule has 0 aliphatic heterocycles. The van der Waals surface area contributed by atoms with Crippen molar-refractivity contribution >= 4 is 33.3 Å². The van der Waals surface area contributed by atoms with Crippen molar-refractivity contribution in [3.8, 4) is 5.69 Å². The van der Waals surface area contributed by atoms with Gasteiger partial charge in [-0.3, -0.25) is 9.36 Å². The molecule has 0 spiro atoms. The first-order valence-electron chi connectivity index (χ1n) is 7.47. The Morgan fingerprint density at radius 1 is 1.26 bits per heavy atom. The van der Waals surface area contributed by atoms with Gasteiger partial charge in [-0.25, -0.2) is 4.98 Å². The summed E-state index contributed by atoms with van der Waals surface area (Å²) in [5.74, 6) is 0.758. The van der Waals surface area contributed by atoms with Gasteiger partial charge in [0.1, 0.15) is 4.83 Å². The Hall–Kier alpha value is -1.63. The number of rotatable bonds is 6. The van der Waals surface area contributed by atoms with Crippen molar-refractivity contribution in [2.24, 2.45) is 0 Å². The predicted octanol–water partition coefficient (Wildman–Crippen LogP) is 3.96. The van der Waals surface area contributed by atoms with Crippen LogP contribution in [0.3, 0.4) is 0 Å². The Labute approximate surface area is 143 Å². The van der Waals surface area contributed by atoms with Crippen molar-refractivity contribution < 1.29 is 4.74 Å². The largest absolute Gasteiger partial charge is 0.378 e. The van der Waals surface area contributed by atoms with E-state index in [1.165, 1.54) is 11.3 Å². The van der Waals surface area contributed by atoms with Crippen LogP contribution in [0, 0.1) is 0 Å². The Morgan fingerprint density at radius 3 is 2.78 bits per heavy atom. The standard InChI is InChI=1S/C17H18N2O2S2/c1-12(2)21-9-11-23-17-18-15-14(8-10-22-15)16(20)19(17)13-6-4-3-5-7-13/h3-8,10,12H,9,11H2,1-2H3. The third kappa shape index (κ3) is 3.65. The number of thioether (sulfide) groups is 1. The van der Waals surface area contributed by atoms with Gasteiger partial charge in [-0.15, -0.1) is 11.3 Å². The van der Waals surface area contributed by atoms with Crippen LogP contribution in [0.1, 0.15) is 13.8 Å². The van der Waals surface area contributed by atoms with Gasteiger partial charge in [0.25, 0.3) is 5.56 Å². The fourth-order valence-electron chi connectivity index (χ4n) is 2.21. The smallest absolute Gasteiger partial charge is 0.267 e. The number of aromatic nitrogens is 2. The van der Waals surface area contributed by atoms with E-state index in [0.717, 1.165) is 16.3 Å². The third-order valence-electron chi connectivity index (χ3n) is 3.25. The lowest BCUT2D eigenvalue weighted by Crippen LogP contribution is -2.21. The molecule has 0 aliphatic rings. The average molecular weight is 346 g/mol. The van der Waals surface area contributed by atoms with Gasteiger partial charge >= 0.3 is 0 Å². The lowest BCUT2D eigenvalue weighted by Gasteiger charge is -2.12. The molecule has 0 atom stereocenters. The lowest BCUT2D eigenvalue weighted by molar-refractivity contribution is 0.0920. The maximum absolute atomic E-state index is 12.8. The Bertz CT molecular complexity index is 841. The number of ether oxygens (including phenoxy) is 1. The highest BCUT2D eigenvalue weighted by molar-refractivity contribution is 7.99. The Kier molecular flexibility index (Phi) is 5.15. The third-order valence-corrected chi connectivity index (χ3v) is 4.96. The van der Waals surface area contributed by atoms with Crippen LogP contribution < -0.4 is 5.56 Å². The Balaban J connectivity index is 1.99. The summed E-state index contributed by atoms with van der Waals surface area (Å²) in [5, 5.41) is 3.29. The van der Waals surface area contributed by atoms with E-state index in [2.05, 4.69) is 4.98 Å². The molecule has 0 N–H and O–H groups in total. The van der Waals surface area contributed by atoms with Crippen LogP contribution >= 0.6 is 23.1 Å². The van der Waals surface area contributed by atoms with Crippen molar-refractivity contribution in [3.63, 3.8) is 0 Å². The summed E-state index contributed by atoms with van der Waals surface area (Å²) in [5.41, 5.74) is 0.820. The summed E-state index contributed by atoms with van der Waals surface area (Å²) < 4.78 is 7.27. The van der Waals surface area contributed by atoms with Crippen LogP contribution in [0.15, 0.2) is 51.7 Å². The zero-order valence-electron chi connectivity index (χ0n) is 13.1. The first-order valence-corrected chi connectivity index (χ1v) is 9.33. The van der Waals surface area contributed by atoms with Gasteiger partial charge in [-0.2, -0.15) is 0 Å². The summed E-state index contributed by atoms with van der Waals surface area (Å²) in [6.45, 7) is 4.66. The molecule has 0 bridgehead atoms. The SMILES string of the molecule is CC(C)OCCSc1nc2sccc2c(=O)n1-c1ccccc1. The quantitative estimate of drug-likeness (QED) is 0.385. The number of hydrogen-bond donors (Lipinski definition) is 0. The van der Waals surface area contributed by atoms with Gasteiger partial charge in [0.05, 0.1) is 23.8 Å². The van der Waals surface area contributed by atoms with E-state index >= 15 is 0 Å². The molecule has 23 heavy (non-hydrogen) atoms. The van der Waals surface area contributed by atoms with Gasteiger partial charge in [0.2, 0.25) is 0 Å². The molecule has 4 nitrogen and oxygen atoms in total. The van der Waals surface area contributed by atoms with Crippen molar-refractivity contribution in [1.82, 2.24) is 9.55 Å². The highest BCUT2D eigenvalue weighted by atomic mass is 32.2. The zero-order valence-corrected chi connectivity index (χ0v) is 14.7. The molecular formula is C17H18N2O2S2. The van der Waals surface area contributed by atoms with E-state index in [4.69, 9.17) is 4.74 Å². The summed E-state index contributed by atoms with van der Waals surface area (Å²) in [6, 6.07) is 11.5. The molecule has 2 heterocycles. The topological polar surface area (TPSA) is 44.1 Å². The second-order valence-corrected chi connectivity index (χ2v) is 7.23. The van der Waals surface area contributed by atoms with E-state index in [0.29, 0.717) is 17.1 Å². The minimum absolute atomic E-state index is 0.0188. The van der Waals surface area contributed by atoms with Crippen molar-refractivity contribution in [3.05, 3.63) is 52.1 Å². The number of hydrogen-bond acceptors (Lipinski definition) is 5. The van der Waals surface area contributed by atoms with E-state index in [1.54, 1.807) is 16.3 Å². The number of thiophene rings is 1.